The lowest BCUT2D eigenvalue weighted by Crippen LogP contribution is -2.22. The molecule has 2 atom stereocenters. The van der Waals surface area contributed by atoms with E-state index in [0.29, 0.717) is 5.54 Å². The van der Waals surface area contributed by atoms with Crippen LogP contribution in [0.3, 0.4) is 0 Å². The molecule has 1 heteroatoms. The van der Waals surface area contributed by atoms with Gasteiger partial charge >= 0.3 is 0 Å². The summed E-state index contributed by atoms with van der Waals surface area (Å²) >= 11 is 0. The van der Waals surface area contributed by atoms with Gasteiger partial charge in [-0.15, -0.1) is 0 Å². The molecule has 1 nitrogen and oxygen atoms in total. The molecule has 0 radical (unpaired) electrons. The summed E-state index contributed by atoms with van der Waals surface area (Å²) in [6.07, 6.45) is 1.27. The summed E-state index contributed by atoms with van der Waals surface area (Å²) in [4.78, 5) is 0. The second-order valence-electron chi connectivity index (χ2n) is 3.41. The van der Waals surface area contributed by atoms with E-state index in [9.17, 15) is 0 Å². The third kappa shape index (κ3) is 0.877. The fraction of sp³-hybridized carbons (Fsp3) is 1.00. The number of hydrogen-bond acceptors (Lipinski definition) is 1. The van der Waals surface area contributed by atoms with Crippen molar-refractivity contribution in [3.63, 3.8) is 0 Å². The molecule has 0 aliphatic carbocycles. The minimum Gasteiger partial charge on any atom is -0.305 e. The van der Waals surface area contributed by atoms with E-state index in [1.54, 1.807) is 0 Å². The smallest absolute Gasteiger partial charge is 0.0356 e. The Balaban J connectivity index is 2.52. The van der Waals surface area contributed by atoms with Gasteiger partial charge in [-0.2, -0.15) is 0 Å². The zero-order valence-electron chi connectivity index (χ0n) is 6.86. The second kappa shape index (κ2) is 1.98. The maximum Gasteiger partial charge on any atom is 0.0356 e. The first-order valence-electron chi connectivity index (χ1n) is 3.91. The Labute approximate surface area is 57.8 Å². The van der Waals surface area contributed by atoms with Crippen molar-refractivity contribution in [1.29, 1.82) is 0 Å². The zero-order chi connectivity index (χ0) is 7.07. The molecule has 0 bridgehead atoms. The average Bonchev–Trinajstić information content (AvgIpc) is 2.43. The Kier molecular flexibility index (Phi) is 1.55. The van der Waals surface area contributed by atoms with Gasteiger partial charge in [-0.1, -0.05) is 20.8 Å². The van der Waals surface area contributed by atoms with Crippen LogP contribution in [0.2, 0.25) is 0 Å². The van der Waals surface area contributed by atoms with Crippen LogP contribution in [0.25, 0.3) is 0 Å². The van der Waals surface area contributed by atoms with Crippen LogP contribution in [0.15, 0.2) is 0 Å². The summed E-state index contributed by atoms with van der Waals surface area (Å²) in [7, 11) is 0. The Hall–Kier alpha value is -0.0400. The molecular weight excluding hydrogens is 110 g/mol. The van der Waals surface area contributed by atoms with E-state index in [-0.39, 0.29) is 0 Å². The number of hydrogen-bond donors (Lipinski definition) is 1. The number of rotatable bonds is 2. The average molecular weight is 127 g/mol. The van der Waals surface area contributed by atoms with Gasteiger partial charge in [-0.25, -0.2) is 0 Å². The predicted molar refractivity (Wildman–Crippen MR) is 40.5 cm³/mol. The highest BCUT2D eigenvalue weighted by Gasteiger charge is 2.50. The quantitative estimate of drug-likeness (QED) is 0.561. The Morgan fingerprint density at radius 3 is 2.00 bits per heavy atom. The molecule has 0 spiro atoms. The van der Waals surface area contributed by atoms with E-state index in [2.05, 4.69) is 33.0 Å². The lowest BCUT2D eigenvalue weighted by molar-refractivity contribution is 0.428. The molecule has 0 aromatic heterocycles. The molecular formula is C8H17N. The minimum absolute atomic E-state index is 0.500. The van der Waals surface area contributed by atoms with Gasteiger partial charge in [0.05, 0.1) is 0 Å². The van der Waals surface area contributed by atoms with Crippen LogP contribution in [0.4, 0.5) is 0 Å². The monoisotopic (exact) mass is 127 g/mol. The largest absolute Gasteiger partial charge is 0.305 e. The Bertz CT molecular complexity index is 105. The molecule has 1 aliphatic heterocycles. The van der Waals surface area contributed by atoms with Crippen molar-refractivity contribution < 1.29 is 0 Å². The van der Waals surface area contributed by atoms with Gasteiger partial charge in [0.15, 0.2) is 0 Å². The van der Waals surface area contributed by atoms with Gasteiger partial charge in [0, 0.05) is 11.6 Å². The van der Waals surface area contributed by atoms with Gasteiger partial charge < -0.3 is 5.32 Å². The van der Waals surface area contributed by atoms with Crippen molar-refractivity contribution in [2.24, 2.45) is 5.92 Å². The second-order valence-corrected chi connectivity index (χ2v) is 3.41. The first kappa shape index (κ1) is 7.07. The highest BCUT2D eigenvalue weighted by Crippen LogP contribution is 2.36. The van der Waals surface area contributed by atoms with Gasteiger partial charge in [-0.3, -0.25) is 0 Å². The molecule has 0 saturated carbocycles. The SMILES string of the molecule is CCC1(C(C)C)NC1C. The molecule has 0 aromatic carbocycles. The van der Waals surface area contributed by atoms with Crippen molar-refractivity contribution in [3.8, 4) is 0 Å². The first-order chi connectivity index (χ1) is 4.13. The lowest BCUT2D eigenvalue weighted by Gasteiger charge is -2.15. The van der Waals surface area contributed by atoms with Gasteiger partial charge in [0.1, 0.15) is 0 Å². The third-order valence-electron chi connectivity index (χ3n) is 2.79. The van der Waals surface area contributed by atoms with E-state index in [1.807, 2.05) is 0 Å². The summed E-state index contributed by atoms with van der Waals surface area (Å²) in [5, 5.41) is 3.49. The standard InChI is InChI=1S/C8H17N/c1-5-8(6(2)3)7(4)9-8/h6-7,9H,5H2,1-4H3. The predicted octanol–water partition coefficient (Wildman–Crippen LogP) is 1.78. The summed E-state index contributed by atoms with van der Waals surface area (Å²) in [6, 6.07) is 0.752. The Morgan fingerprint density at radius 1 is 1.56 bits per heavy atom. The molecule has 2 unspecified atom stereocenters. The normalized spacial score (nSPS) is 41.7. The fourth-order valence-electron chi connectivity index (χ4n) is 1.84. The van der Waals surface area contributed by atoms with Crippen LogP contribution in [-0.2, 0) is 0 Å². The summed E-state index contributed by atoms with van der Waals surface area (Å²) in [5.41, 5.74) is 0.500. The summed E-state index contributed by atoms with van der Waals surface area (Å²) in [6.45, 7) is 9.11. The highest BCUT2D eigenvalue weighted by atomic mass is 15.2. The van der Waals surface area contributed by atoms with Crippen LogP contribution < -0.4 is 5.32 Å². The van der Waals surface area contributed by atoms with Crippen LogP contribution in [0, 0.1) is 5.92 Å². The maximum absolute atomic E-state index is 3.49. The van der Waals surface area contributed by atoms with Crippen molar-refractivity contribution in [2.75, 3.05) is 0 Å². The minimum atomic E-state index is 0.500. The van der Waals surface area contributed by atoms with Crippen LogP contribution >= 0.6 is 0 Å². The fourth-order valence-corrected chi connectivity index (χ4v) is 1.84. The Morgan fingerprint density at radius 2 is 2.00 bits per heavy atom. The molecule has 1 rings (SSSR count). The van der Waals surface area contributed by atoms with E-state index in [0.717, 1.165) is 12.0 Å². The molecule has 0 amide bonds. The molecule has 1 saturated heterocycles. The molecule has 0 aromatic rings. The van der Waals surface area contributed by atoms with Gasteiger partial charge in [-0.05, 0) is 19.3 Å². The van der Waals surface area contributed by atoms with Crippen molar-refractivity contribution in [3.05, 3.63) is 0 Å². The van der Waals surface area contributed by atoms with Crippen molar-refractivity contribution >= 4 is 0 Å². The molecule has 54 valence electrons. The maximum atomic E-state index is 3.49. The summed E-state index contributed by atoms with van der Waals surface area (Å²) < 4.78 is 0. The van der Waals surface area contributed by atoms with Crippen LogP contribution in [0.5, 0.6) is 0 Å². The van der Waals surface area contributed by atoms with Gasteiger partial charge in [0.25, 0.3) is 0 Å². The molecule has 1 N–H and O–H groups in total. The number of nitrogens with one attached hydrogen (secondary N) is 1. The molecule has 9 heavy (non-hydrogen) atoms. The van der Waals surface area contributed by atoms with Crippen molar-refractivity contribution in [2.45, 2.75) is 45.7 Å². The topological polar surface area (TPSA) is 21.9 Å². The van der Waals surface area contributed by atoms with Gasteiger partial charge in [0.2, 0.25) is 0 Å². The van der Waals surface area contributed by atoms with E-state index in [1.165, 1.54) is 6.42 Å². The highest BCUT2D eigenvalue weighted by molar-refractivity contribution is 5.12. The van der Waals surface area contributed by atoms with E-state index >= 15 is 0 Å². The summed E-state index contributed by atoms with van der Waals surface area (Å²) in [5.74, 6) is 0.789. The van der Waals surface area contributed by atoms with Crippen LogP contribution in [0.1, 0.15) is 34.1 Å². The molecule has 1 fully saturated rings. The van der Waals surface area contributed by atoms with E-state index in [4.69, 9.17) is 0 Å². The van der Waals surface area contributed by atoms with E-state index < -0.39 is 0 Å². The lowest BCUT2D eigenvalue weighted by atomic mass is 9.90. The zero-order valence-corrected chi connectivity index (χ0v) is 6.86. The first-order valence-corrected chi connectivity index (χ1v) is 3.91. The van der Waals surface area contributed by atoms with Crippen LogP contribution in [-0.4, -0.2) is 11.6 Å². The molecule has 1 heterocycles. The molecule has 1 aliphatic rings. The third-order valence-corrected chi connectivity index (χ3v) is 2.79. The van der Waals surface area contributed by atoms with Crippen molar-refractivity contribution in [1.82, 2.24) is 5.32 Å².